The number of nitrogens with zero attached hydrogens (tertiary/aromatic N) is 2. The lowest BCUT2D eigenvalue weighted by molar-refractivity contribution is 0.204. The predicted octanol–water partition coefficient (Wildman–Crippen LogP) is 2.22. The first kappa shape index (κ1) is 15.9. The van der Waals surface area contributed by atoms with Crippen LogP contribution in [0.15, 0.2) is 12.3 Å². The fraction of sp³-hybridized carbons (Fsp3) is 0.667. The Kier molecular flexibility index (Phi) is 6.81. The number of aryl methyl sites for hydroxylation is 1. The number of pyridine rings is 1. The van der Waals surface area contributed by atoms with Crippen molar-refractivity contribution in [3.8, 4) is 0 Å². The van der Waals surface area contributed by atoms with Gasteiger partial charge in [0, 0.05) is 49.9 Å². The Hall–Kier alpha value is -1.13. The molecule has 0 fully saturated rings. The molecule has 1 N–H and O–H groups in total. The number of hydrogen-bond acceptors (Lipinski definition) is 4. The lowest BCUT2D eigenvalue weighted by Gasteiger charge is -2.28. The minimum atomic E-state index is 0.618. The maximum Gasteiger partial charge on any atom is 0.0637 e. The molecule has 0 saturated carbocycles. The summed E-state index contributed by atoms with van der Waals surface area (Å²) < 4.78 is 5.23. The topological polar surface area (TPSA) is 37.4 Å². The highest BCUT2D eigenvalue weighted by molar-refractivity contribution is 5.53. The van der Waals surface area contributed by atoms with Crippen molar-refractivity contribution in [1.82, 2.24) is 10.3 Å². The monoisotopic (exact) mass is 265 g/mol. The van der Waals surface area contributed by atoms with Crippen LogP contribution >= 0.6 is 0 Å². The predicted molar refractivity (Wildman–Crippen MR) is 80.7 cm³/mol. The lowest BCUT2D eigenvalue weighted by Crippen LogP contribution is -2.32. The smallest absolute Gasteiger partial charge is 0.0637 e. The summed E-state index contributed by atoms with van der Waals surface area (Å²) in [5.74, 6) is 0.618. The first-order valence-electron chi connectivity index (χ1n) is 6.92. The third-order valence-electron chi connectivity index (χ3n) is 2.96. The van der Waals surface area contributed by atoms with Crippen molar-refractivity contribution in [2.75, 3.05) is 38.8 Å². The molecule has 1 aromatic rings. The largest absolute Gasteiger partial charge is 0.383 e. The maximum atomic E-state index is 5.23. The van der Waals surface area contributed by atoms with Crippen LogP contribution in [0.25, 0.3) is 0 Å². The van der Waals surface area contributed by atoms with Crippen molar-refractivity contribution in [1.29, 1.82) is 0 Å². The number of anilines is 1. The molecular weight excluding hydrogens is 238 g/mol. The van der Waals surface area contributed by atoms with Crippen LogP contribution in [0.3, 0.4) is 0 Å². The van der Waals surface area contributed by atoms with Gasteiger partial charge in [0.25, 0.3) is 0 Å². The average Bonchev–Trinajstić information content (AvgIpc) is 2.36. The van der Waals surface area contributed by atoms with Gasteiger partial charge in [-0.3, -0.25) is 4.98 Å². The Morgan fingerprint density at radius 3 is 2.74 bits per heavy atom. The summed E-state index contributed by atoms with van der Waals surface area (Å²) in [5.41, 5.74) is 3.57. The summed E-state index contributed by atoms with van der Waals surface area (Å²) in [4.78, 5) is 6.80. The molecule has 4 heteroatoms. The quantitative estimate of drug-likeness (QED) is 0.782. The highest BCUT2D eigenvalue weighted by Crippen LogP contribution is 2.22. The molecule has 0 radical (unpaired) electrons. The van der Waals surface area contributed by atoms with E-state index in [1.54, 1.807) is 7.11 Å². The molecule has 0 aliphatic carbocycles. The van der Waals surface area contributed by atoms with Crippen molar-refractivity contribution < 1.29 is 4.74 Å². The molecular formula is C15H27N3O. The SMILES string of the molecule is CNCc1cnc(C)cc1N(CCOC)CC(C)C. The van der Waals surface area contributed by atoms with Crippen LogP contribution < -0.4 is 10.2 Å². The molecule has 0 amide bonds. The third-order valence-corrected chi connectivity index (χ3v) is 2.96. The van der Waals surface area contributed by atoms with Gasteiger partial charge in [-0.1, -0.05) is 13.8 Å². The molecule has 4 nitrogen and oxygen atoms in total. The molecule has 0 unspecified atom stereocenters. The zero-order valence-electron chi connectivity index (χ0n) is 12.9. The lowest BCUT2D eigenvalue weighted by atomic mass is 10.1. The standard InChI is InChI=1S/C15H27N3O/c1-12(2)11-18(6-7-19-5)15-8-13(3)17-10-14(15)9-16-4/h8,10,12,16H,6-7,9,11H2,1-5H3. The van der Waals surface area contributed by atoms with Gasteiger partial charge in [0.1, 0.15) is 0 Å². The molecule has 19 heavy (non-hydrogen) atoms. The van der Waals surface area contributed by atoms with Crippen molar-refractivity contribution >= 4 is 5.69 Å². The van der Waals surface area contributed by atoms with Gasteiger partial charge < -0.3 is 15.0 Å². The van der Waals surface area contributed by atoms with Gasteiger partial charge in [-0.05, 0) is 26.0 Å². The molecule has 0 aromatic carbocycles. The molecule has 1 aromatic heterocycles. The van der Waals surface area contributed by atoms with Crippen molar-refractivity contribution in [2.24, 2.45) is 5.92 Å². The minimum absolute atomic E-state index is 0.618. The molecule has 1 heterocycles. The van der Waals surface area contributed by atoms with E-state index in [4.69, 9.17) is 4.74 Å². The Labute approximate surface area is 117 Å². The van der Waals surface area contributed by atoms with Gasteiger partial charge in [-0.2, -0.15) is 0 Å². The molecule has 0 saturated heterocycles. The van der Waals surface area contributed by atoms with E-state index >= 15 is 0 Å². The number of aromatic nitrogens is 1. The van der Waals surface area contributed by atoms with E-state index in [0.29, 0.717) is 5.92 Å². The van der Waals surface area contributed by atoms with Crippen molar-refractivity contribution in [3.63, 3.8) is 0 Å². The summed E-state index contributed by atoms with van der Waals surface area (Å²) >= 11 is 0. The maximum absolute atomic E-state index is 5.23. The Bertz CT molecular complexity index is 380. The second-order valence-corrected chi connectivity index (χ2v) is 5.32. The van der Waals surface area contributed by atoms with Gasteiger partial charge in [-0.15, -0.1) is 0 Å². The summed E-state index contributed by atoms with van der Waals surface area (Å²) in [6.45, 7) is 10.0. The third kappa shape index (κ3) is 5.17. The second kappa shape index (κ2) is 8.12. The summed E-state index contributed by atoms with van der Waals surface area (Å²) in [6, 6.07) is 2.17. The van der Waals surface area contributed by atoms with Crippen LogP contribution in [0.2, 0.25) is 0 Å². The van der Waals surface area contributed by atoms with Gasteiger partial charge in [0.2, 0.25) is 0 Å². The van der Waals surface area contributed by atoms with E-state index in [9.17, 15) is 0 Å². The number of rotatable bonds is 8. The zero-order valence-corrected chi connectivity index (χ0v) is 12.9. The van der Waals surface area contributed by atoms with Gasteiger partial charge >= 0.3 is 0 Å². The van der Waals surface area contributed by atoms with Crippen molar-refractivity contribution in [3.05, 3.63) is 23.5 Å². The molecule has 0 aliphatic rings. The first-order chi connectivity index (χ1) is 9.08. The minimum Gasteiger partial charge on any atom is -0.383 e. The highest BCUT2D eigenvalue weighted by atomic mass is 16.5. The Morgan fingerprint density at radius 2 is 2.16 bits per heavy atom. The normalized spacial score (nSPS) is 11.1. The van der Waals surface area contributed by atoms with Crippen molar-refractivity contribution in [2.45, 2.75) is 27.3 Å². The van der Waals surface area contributed by atoms with Crippen LogP contribution in [0.4, 0.5) is 5.69 Å². The van der Waals surface area contributed by atoms with Gasteiger partial charge in [0.15, 0.2) is 0 Å². The Balaban J connectivity index is 3.00. The van der Waals surface area contributed by atoms with Crippen LogP contribution in [0.5, 0.6) is 0 Å². The zero-order chi connectivity index (χ0) is 14.3. The average molecular weight is 265 g/mol. The van der Waals surface area contributed by atoms with Crippen LogP contribution in [0.1, 0.15) is 25.1 Å². The van der Waals surface area contributed by atoms with E-state index in [-0.39, 0.29) is 0 Å². The van der Waals surface area contributed by atoms with E-state index in [1.165, 1.54) is 11.3 Å². The summed E-state index contributed by atoms with van der Waals surface area (Å²) in [5, 5.41) is 3.21. The van der Waals surface area contributed by atoms with E-state index < -0.39 is 0 Å². The number of hydrogen-bond donors (Lipinski definition) is 1. The van der Waals surface area contributed by atoms with Gasteiger partial charge in [0.05, 0.1) is 6.61 Å². The number of nitrogens with one attached hydrogen (secondary N) is 1. The fourth-order valence-corrected chi connectivity index (χ4v) is 2.15. The molecule has 108 valence electrons. The molecule has 0 atom stereocenters. The molecule has 1 rings (SSSR count). The number of methoxy groups -OCH3 is 1. The highest BCUT2D eigenvalue weighted by Gasteiger charge is 2.13. The molecule has 0 bridgehead atoms. The van der Waals surface area contributed by atoms with Crippen LogP contribution in [-0.2, 0) is 11.3 Å². The first-order valence-corrected chi connectivity index (χ1v) is 6.92. The Morgan fingerprint density at radius 1 is 1.42 bits per heavy atom. The van der Waals surface area contributed by atoms with E-state index in [2.05, 4.69) is 35.1 Å². The van der Waals surface area contributed by atoms with E-state index in [1.807, 2.05) is 20.2 Å². The summed E-state index contributed by atoms with van der Waals surface area (Å²) in [7, 11) is 3.71. The molecule has 0 spiro atoms. The molecule has 0 aliphatic heterocycles. The van der Waals surface area contributed by atoms with Crippen LogP contribution in [0, 0.1) is 12.8 Å². The number of ether oxygens (including phenoxy) is 1. The van der Waals surface area contributed by atoms with E-state index in [0.717, 1.165) is 31.9 Å². The second-order valence-electron chi connectivity index (χ2n) is 5.32. The fourth-order valence-electron chi connectivity index (χ4n) is 2.15. The van der Waals surface area contributed by atoms with Gasteiger partial charge in [-0.25, -0.2) is 0 Å². The van der Waals surface area contributed by atoms with Crippen LogP contribution in [-0.4, -0.2) is 38.8 Å². The summed E-state index contributed by atoms with van der Waals surface area (Å²) in [6.07, 6.45) is 1.97.